The molecule has 0 aliphatic rings. The van der Waals surface area contributed by atoms with Crippen LogP contribution in [0.5, 0.6) is 11.6 Å². The first-order chi connectivity index (χ1) is 9.52. The van der Waals surface area contributed by atoms with E-state index in [1.54, 1.807) is 7.05 Å². The molecule has 0 saturated heterocycles. The van der Waals surface area contributed by atoms with Crippen molar-refractivity contribution >= 4 is 27.6 Å². The van der Waals surface area contributed by atoms with Gasteiger partial charge in [0.05, 0.1) is 11.1 Å². The Labute approximate surface area is 121 Å². The molecule has 9 heteroatoms. The Balaban J connectivity index is 2.40. The topological polar surface area (TPSA) is 90.2 Å². The van der Waals surface area contributed by atoms with Gasteiger partial charge in [0.15, 0.2) is 5.75 Å². The van der Waals surface area contributed by atoms with E-state index in [0.717, 1.165) is 6.20 Å². The highest BCUT2D eigenvalue weighted by atomic mass is 79.9. The van der Waals surface area contributed by atoms with Crippen LogP contribution in [0.3, 0.4) is 0 Å². The molecule has 0 aliphatic carbocycles. The molecule has 0 fully saturated rings. The molecule has 2 aromatic rings. The number of nitro groups is 1. The molecule has 7 nitrogen and oxygen atoms in total. The van der Waals surface area contributed by atoms with Gasteiger partial charge < -0.3 is 10.1 Å². The summed E-state index contributed by atoms with van der Waals surface area (Å²) in [4.78, 5) is 17.7. The first-order valence-corrected chi connectivity index (χ1v) is 6.13. The normalized spacial score (nSPS) is 10.2. The van der Waals surface area contributed by atoms with Crippen molar-refractivity contribution in [1.82, 2.24) is 9.97 Å². The number of halogens is 2. The summed E-state index contributed by atoms with van der Waals surface area (Å²) in [6, 6.07) is 4.18. The SMILES string of the molecule is CNc1ncc(F)c(Oc2cccc([N+](=O)[O-])c2Br)n1. The van der Waals surface area contributed by atoms with Gasteiger partial charge in [0.25, 0.3) is 11.6 Å². The Hall–Kier alpha value is -2.29. The molecule has 0 unspecified atom stereocenters. The lowest BCUT2D eigenvalue weighted by Crippen LogP contribution is -2.01. The van der Waals surface area contributed by atoms with Crippen molar-refractivity contribution in [2.24, 2.45) is 0 Å². The maximum absolute atomic E-state index is 13.6. The fourth-order valence-corrected chi connectivity index (χ4v) is 1.86. The number of hydrogen-bond donors (Lipinski definition) is 1. The van der Waals surface area contributed by atoms with Gasteiger partial charge in [-0.15, -0.1) is 0 Å². The lowest BCUT2D eigenvalue weighted by molar-refractivity contribution is -0.385. The van der Waals surface area contributed by atoms with Crippen molar-refractivity contribution in [3.05, 3.63) is 44.8 Å². The van der Waals surface area contributed by atoms with Gasteiger partial charge >= 0.3 is 0 Å². The Morgan fingerprint density at radius 2 is 2.25 bits per heavy atom. The highest BCUT2D eigenvalue weighted by molar-refractivity contribution is 9.10. The molecule has 0 saturated carbocycles. The Kier molecular flexibility index (Phi) is 4.08. The van der Waals surface area contributed by atoms with Crippen molar-refractivity contribution in [3.63, 3.8) is 0 Å². The zero-order chi connectivity index (χ0) is 14.7. The van der Waals surface area contributed by atoms with Crippen molar-refractivity contribution in [2.45, 2.75) is 0 Å². The Bertz CT molecular complexity index is 668. The van der Waals surface area contributed by atoms with E-state index in [9.17, 15) is 14.5 Å². The lowest BCUT2D eigenvalue weighted by atomic mass is 10.3. The van der Waals surface area contributed by atoms with E-state index in [0.29, 0.717) is 0 Å². The minimum absolute atomic E-state index is 0.0823. The van der Waals surface area contributed by atoms with Crippen LogP contribution >= 0.6 is 15.9 Å². The summed E-state index contributed by atoms with van der Waals surface area (Å²) in [6.45, 7) is 0. The second-order valence-electron chi connectivity index (χ2n) is 3.55. The van der Waals surface area contributed by atoms with Gasteiger partial charge in [0.2, 0.25) is 11.8 Å². The summed E-state index contributed by atoms with van der Waals surface area (Å²) in [5.41, 5.74) is -0.189. The van der Waals surface area contributed by atoms with E-state index in [2.05, 4.69) is 31.2 Å². The van der Waals surface area contributed by atoms with Crippen LogP contribution in [0.2, 0.25) is 0 Å². The summed E-state index contributed by atoms with van der Waals surface area (Å²) in [5.74, 6) is -0.852. The van der Waals surface area contributed by atoms with Gasteiger partial charge in [0.1, 0.15) is 4.47 Å². The van der Waals surface area contributed by atoms with Gasteiger partial charge in [-0.25, -0.2) is 4.98 Å². The minimum Gasteiger partial charge on any atom is -0.435 e. The molecule has 20 heavy (non-hydrogen) atoms. The first kappa shape index (κ1) is 14.1. The number of nitro benzene ring substituents is 1. The third kappa shape index (κ3) is 2.82. The molecule has 1 aromatic heterocycles. The van der Waals surface area contributed by atoms with E-state index in [1.807, 2.05) is 0 Å². The van der Waals surface area contributed by atoms with E-state index >= 15 is 0 Å². The van der Waals surface area contributed by atoms with Crippen LogP contribution < -0.4 is 10.1 Å². The zero-order valence-corrected chi connectivity index (χ0v) is 11.7. The van der Waals surface area contributed by atoms with Gasteiger partial charge in [-0.3, -0.25) is 10.1 Å². The molecule has 0 aliphatic heterocycles. The molecule has 2 rings (SSSR count). The predicted octanol–water partition coefficient (Wildman–Crippen LogP) is 3.12. The molecule has 0 amide bonds. The zero-order valence-electron chi connectivity index (χ0n) is 10.1. The maximum Gasteiger partial charge on any atom is 0.287 e. The van der Waals surface area contributed by atoms with Crippen LogP contribution in [0.4, 0.5) is 16.0 Å². The molecule has 0 bridgehead atoms. The fraction of sp³-hybridized carbons (Fsp3) is 0.0909. The van der Waals surface area contributed by atoms with E-state index in [-0.39, 0.29) is 27.7 Å². The summed E-state index contributed by atoms with van der Waals surface area (Å²) in [5, 5.41) is 13.4. The number of ether oxygens (including phenoxy) is 1. The number of nitrogens with zero attached hydrogens (tertiary/aromatic N) is 3. The Morgan fingerprint density at radius 1 is 1.50 bits per heavy atom. The minimum atomic E-state index is -0.776. The summed E-state index contributed by atoms with van der Waals surface area (Å²) in [6.07, 6.45) is 0.944. The van der Waals surface area contributed by atoms with Gasteiger partial charge in [-0.05, 0) is 22.0 Å². The van der Waals surface area contributed by atoms with Crippen LogP contribution in [0.25, 0.3) is 0 Å². The van der Waals surface area contributed by atoms with E-state index in [4.69, 9.17) is 4.74 Å². The standard InChI is InChI=1S/C11H8BrFN4O3/c1-14-11-15-5-6(13)10(16-11)20-8-4-2-3-7(9(8)12)17(18)19/h2-5H,1H3,(H,14,15,16). The second kappa shape index (κ2) is 5.78. The van der Waals surface area contributed by atoms with Crippen LogP contribution in [-0.4, -0.2) is 21.9 Å². The average Bonchev–Trinajstić information content (AvgIpc) is 2.43. The smallest absolute Gasteiger partial charge is 0.287 e. The van der Waals surface area contributed by atoms with Gasteiger partial charge in [-0.1, -0.05) is 6.07 Å². The lowest BCUT2D eigenvalue weighted by Gasteiger charge is -2.08. The predicted molar refractivity (Wildman–Crippen MR) is 72.4 cm³/mol. The second-order valence-corrected chi connectivity index (χ2v) is 4.34. The molecule has 1 heterocycles. The highest BCUT2D eigenvalue weighted by Gasteiger charge is 2.18. The van der Waals surface area contributed by atoms with Crippen molar-refractivity contribution < 1.29 is 14.1 Å². The van der Waals surface area contributed by atoms with Crippen LogP contribution in [-0.2, 0) is 0 Å². The van der Waals surface area contributed by atoms with E-state index < -0.39 is 10.7 Å². The van der Waals surface area contributed by atoms with Gasteiger partial charge in [0, 0.05) is 13.1 Å². The average molecular weight is 343 g/mol. The summed E-state index contributed by atoms with van der Waals surface area (Å²) in [7, 11) is 1.57. The van der Waals surface area contributed by atoms with Crippen LogP contribution in [0.15, 0.2) is 28.9 Å². The third-order valence-corrected chi connectivity index (χ3v) is 3.08. The van der Waals surface area contributed by atoms with Crippen molar-refractivity contribution in [2.75, 3.05) is 12.4 Å². The maximum atomic E-state index is 13.6. The molecule has 0 spiro atoms. The molecule has 0 atom stereocenters. The molecule has 0 radical (unpaired) electrons. The first-order valence-electron chi connectivity index (χ1n) is 5.34. The molecule has 1 N–H and O–H groups in total. The number of rotatable bonds is 4. The monoisotopic (exact) mass is 342 g/mol. The quantitative estimate of drug-likeness (QED) is 0.678. The number of aromatic nitrogens is 2. The fourth-order valence-electron chi connectivity index (χ4n) is 1.37. The number of benzene rings is 1. The molecule has 1 aromatic carbocycles. The largest absolute Gasteiger partial charge is 0.435 e. The highest BCUT2D eigenvalue weighted by Crippen LogP contribution is 2.36. The van der Waals surface area contributed by atoms with E-state index in [1.165, 1.54) is 18.2 Å². The third-order valence-electron chi connectivity index (χ3n) is 2.28. The summed E-state index contributed by atoms with van der Waals surface area (Å²) >= 11 is 3.05. The number of hydrogen-bond acceptors (Lipinski definition) is 6. The number of anilines is 1. The van der Waals surface area contributed by atoms with Crippen LogP contribution in [0, 0.1) is 15.9 Å². The summed E-state index contributed by atoms with van der Waals surface area (Å²) < 4.78 is 18.9. The number of nitrogens with one attached hydrogen (secondary N) is 1. The van der Waals surface area contributed by atoms with Gasteiger partial charge in [-0.2, -0.15) is 9.37 Å². The molecular formula is C11H8BrFN4O3. The van der Waals surface area contributed by atoms with Crippen molar-refractivity contribution in [1.29, 1.82) is 0 Å². The Morgan fingerprint density at radius 3 is 2.90 bits per heavy atom. The van der Waals surface area contributed by atoms with Crippen LogP contribution in [0.1, 0.15) is 0 Å². The molecular weight excluding hydrogens is 335 g/mol. The van der Waals surface area contributed by atoms with Crippen molar-refractivity contribution in [3.8, 4) is 11.6 Å². The molecule has 104 valence electrons.